The average molecular weight is 1540 g/mol. The first-order valence-electron chi connectivity index (χ1n) is 35.5. The lowest BCUT2D eigenvalue weighted by Gasteiger charge is -2.09. The van der Waals surface area contributed by atoms with Crippen LogP contribution in [0.5, 0.6) is 28.7 Å². The molecule has 0 atom stereocenters. The third kappa shape index (κ3) is 37.5. The van der Waals surface area contributed by atoms with Crippen LogP contribution in [0.4, 0.5) is 15.3 Å². The number of allylic oxidation sites excluding steroid dienone is 1. The van der Waals surface area contributed by atoms with Gasteiger partial charge in [-0.2, -0.15) is 4.89 Å². The minimum absolute atomic E-state index is 0.00543. The lowest BCUT2D eigenvalue weighted by Crippen LogP contribution is -2.29. The summed E-state index contributed by atoms with van der Waals surface area (Å²) in [6, 6.07) is 23.0. The molecular formula is C86H111N3O20S. The molecule has 6 aromatic carbocycles. The number of phenols is 5. The first-order valence-corrected chi connectivity index (χ1v) is 36.5. The van der Waals surface area contributed by atoms with E-state index in [0.717, 1.165) is 107 Å². The maximum Gasteiger partial charge on any atom is 0.407 e. The van der Waals surface area contributed by atoms with E-state index >= 15 is 0 Å². The van der Waals surface area contributed by atoms with Crippen LogP contribution >= 0.6 is 11.8 Å². The first kappa shape index (κ1) is 94.8. The molecule has 0 bridgehead atoms. The fourth-order valence-corrected chi connectivity index (χ4v) is 11.0. The number of nitrogens with one attached hydrogen (secondary N) is 3. The predicted octanol–water partition coefficient (Wildman–Crippen LogP) is 16.6. The number of alkyl carbamates (subject to hydrolysis) is 2. The Labute approximate surface area is 652 Å². The summed E-state index contributed by atoms with van der Waals surface area (Å²) in [5.41, 5.74) is 18.4. The van der Waals surface area contributed by atoms with Crippen molar-refractivity contribution in [1.82, 2.24) is 10.6 Å². The fourth-order valence-electron chi connectivity index (χ4n) is 10.0. The zero-order valence-electron chi connectivity index (χ0n) is 66.5. The molecule has 8 N–H and O–H groups in total. The Kier molecular flexibility index (Phi) is 43.5. The van der Waals surface area contributed by atoms with E-state index in [9.17, 15) is 59.1 Å². The Bertz CT molecular complexity index is 4130. The highest BCUT2D eigenvalue weighted by Gasteiger charge is 2.14. The lowest BCUT2D eigenvalue weighted by atomic mass is 9.97. The number of hydrogen-bond donors (Lipinski definition) is 8. The number of rotatable bonds is 32. The minimum atomic E-state index is -0.697. The number of amides is 3. The molecule has 0 spiro atoms. The quantitative estimate of drug-likeness (QED) is 0.00186. The van der Waals surface area contributed by atoms with Crippen LogP contribution in [0.15, 0.2) is 133 Å². The van der Waals surface area contributed by atoms with Gasteiger partial charge in [0.25, 0.3) is 0 Å². The fraction of sp³-hybridized carbons (Fsp3) is 0.360. The third-order valence-electron chi connectivity index (χ3n) is 15.5. The topological polar surface area (TPSA) is 331 Å². The van der Waals surface area contributed by atoms with Crippen molar-refractivity contribution in [2.45, 2.75) is 148 Å². The Morgan fingerprint density at radius 1 is 0.445 bits per heavy atom. The van der Waals surface area contributed by atoms with E-state index in [2.05, 4.69) is 68.2 Å². The van der Waals surface area contributed by atoms with Gasteiger partial charge in [-0.3, -0.25) is 14.4 Å². The van der Waals surface area contributed by atoms with E-state index in [0.29, 0.717) is 47.3 Å². The van der Waals surface area contributed by atoms with E-state index in [1.807, 2.05) is 122 Å². The van der Waals surface area contributed by atoms with E-state index in [-0.39, 0.29) is 100 Å². The van der Waals surface area contributed by atoms with E-state index < -0.39 is 24.1 Å². The molecule has 0 saturated heterocycles. The van der Waals surface area contributed by atoms with Crippen molar-refractivity contribution in [2.75, 3.05) is 70.4 Å². The molecule has 0 unspecified atom stereocenters. The van der Waals surface area contributed by atoms with Crippen LogP contribution in [0.25, 0.3) is 18.2 Å². The Balaban J connectivity index is 0.000000477. The van der Waals surface area contributed by atoms with Gasteiger partial charge in [0.05, 0.1) is 19.6 Å². The van der Waals surface area contributed by atoms with Gasteiger partial charge in [-0.15, -0.1) is 11.8 Å². The van der Waals surface area contributed by atoms with E-state index in [1.54, 1.807) is 46.8 Å². The number of esters is 4. The molecule has 0 aliphatic heterocycles. The van der Waals surface area contributed by atoms with Gasteiger partial charge in [0.1, 0.15) is 74.7 Å². The van der Waals surface area contributed by atoms with Crippen LogP contribution in [-0.2, 0) is 75.0 Å². The summed E-state index contributed by atoms with van der Waals surface area (Å²) in [7, 11) is 0. The molecule has 110 heavy (non-hydrogen) atoms. The first-order chi connectivity index (χ1) is 51.9. The van der Waals surface area contributed by atoms with E-state index in [4.69, 9.17) is 38.2 Å². The zero-order valence-corrected chi connectivity index (χ0v) is 67.3. The number of benzene rings is 6. The Morgan fingerprint density at radius 2 is 0.855 bits per heavy atom. The number of aryl methyl sites for hydroxylation is 14. The highest BCUT2D eigenvalue weighted by atomic mass is 32.2. The van der Waals surface area contributed by atoms with Crippen molar-refractivity contribution in [3.63, 3.8) is 0 Å². The predicted molar refractivity (Wildman–Crippen MR) is 432 cm³/mol. The highest BCUT2D eigenvalue weighted by molar-refractivity contribution is 7.99. The molecule has 24 heteroatoms. The summed E-state index contributed by atoms with van der Waals surface area (Å²) in [6.07, 6.45) is 9.74. The van der Waals surface area contributed by atoms with Crippen molar-refractivity contribution >= 4 is 77.6 Å². The van der Waals surface area contributed by atoms with Crippen LogP contribution < -0.4 is 16.0 Å². The third-order valence-corrected chi connectivity index (χ3v) is 16.5. The number of thioether (sulfide) groups is 1. The molecule has 3 amide bonds. The zero-order chi connectivity index (χ0) is 82.7. The van der Waals surface area contributed by atoms with Crippen molar-refractivity contribution in [1.29, 1.82) is 0 Å². The van der Waals surface area contributed by atoms with Gasteiger partial charge in [0.2, 0.25) is 5.91 Å². The Morgan fingerprint density at radius 3 is 1.33 bits per heavy atom. The average Bonchev–Trinajstić information content (AvgIpc) is 0.850. The van der Waals surface area contributed by atoms with Crippen molar-refractivity contribution < 1.29 is 97.3 Å². The molecule has 596 valence electrons. The van der Waals surface area contributed by atoms with Crippen molar-refractivity contribution in [2.24, 2.45) is 0 Å². The molecule has 0 heterocycles. The molecule has 6 aromatic rings. The summed E-state index contributed by atoms with van der Waals surface area (Å²) >= 11 is 1.51. The normalized spacial score (nSPS) is 10.3. The standard InChI is InChI=1S/C20H29NO7S.C20H27NO7.C20H22O.C15H20O3.C11H13NO2/c1-14(2)13-28-27-7-6-21-20(24)26-9-8-25-18(22)5-10-29-17-11-15(3)19(23)16(4)12-17;1-13(2)19(24)27-8-7-21-20(25)28-10-9-26-17(22)6-5-16-11-14(3)18(23)15(4)12-16;1-6-19-15(4)9-13(2)11-17(19)7-8-18-12-14(3)10-16(5)20(18)21;1-10(2)15(17)18-7-5-6-13-8-11(3)14(16)12(4)9-13;1-4-10(13)12-9-5-7(2)11(14)8(3)6-9/h11-13,23H,5-10H2,1-4H3,(H,21,24);11-12,23H,1,5-10H2,2-4H3,(H,21,25);6-12,21H,1H2,2-5H3;8-9,16H,1,5-7H2,2-4H3;4-6,14H,1H2,2-3H3,(H,12,13)/b;;8-7+;;. The van der Waals surface area contributed by atoms with Gasteiger partial charge in [0.15, 0.2) is 0 Å². The summed E-state index contributed by atoms with van der Waals surface area (Å²) in [4.78, 5) is 90.1. The number of hydrogen-bond acceptors (Lipinski definition) is 21. The molecule has 0 aromatic heterocycles. The van der Waals surface area contributed by atoms with Gasteiger partial charge in [-0.05, 0) is 250 Å². The van der Waals surface area contributed by atoms with Crippen LogP contribution in [0, 0.1) is 83.1 Å². The van der Waals surface area contributed by atoms with Crippen molar-refractivity contribution in [3.05, 3.63) is 223 Å². The number of ether oxygens (including phenoxy) is 6. The van der Waals surface area contributed by atoms with Crippen LogP contribution in [0.3, 0.4) is 0 Å². The van der Waals surface area contributed by atoms with Gasteiger partial charge in [-0.1, -0.05) is 98.1 Å². The maximum atomic E-state index is 11.7. The summed E-state index contributed by atoms with van der Waals surface area (Å²) in [5, 5.41) is 56.3. The molecule has 0 saturated carbocycles. The van der Waals surface area contributed by atoms with Gasteiger partial charge < -0.3 is 74.8 Å². The molecule has 0 aliphatic carbocycles. The molecule has 0 radical (unpaired) electrons. The summed E-state index contributed by atoms with van der Waals surface area (Å²) < 4.78 is 29.6. The van der Waals surface area contributed by atoms with Crippen LogP contribution in [-0.4, -0.2) is 133 Å². The highest BCUT2D eigenvalue weighted by Crippen LogP contribution is 2.31. The smallest absolute Gasteiger partial charge is 0.407 e. The molecule has 0 fully saturated rings. The number of carbonyl (C=O) groups excluding carboxylic acids is 7. The number of anilines is 1. The summed E-state index contributed by atoms with van der Waals surface area (Å²) in [5.74, 6) is 0.187. The monoisotopic (exact) mass is 1540 g/mol. The van der Waals surface area contributed by atoms with Gasteiger partial charge in [-0.25, -0.2) is 19.2 Å². The van der Waals surface area contributed by atoms with Gasteiger partial charge in [0, 0.05) is 46.0 Å². The largest absolute Gasteiger partial charge is 0.507 e. The number of carbonyl (C=O) groups is 7. The van der Waals surface area contributed by atoms with Crippen molar-refractivity contribution in [3.8, 4) is 28.7 Å². The molecular weight excluding hydrogens is 1430 g/mol. The Hall–Kier alpha value is -11.2. The molecule has 0 aliphatic rings. The lowest BCUT2D eigenvalue weighted by molar-refractivity contribution is -0.247. The SMILES string of the molecule is C=C(C)C(=O)OCCCc1cc(C)c(O)c(C)c1.C=C(C)C(=O)OCCNC(=O)OCCOC(=O)CCc1cc(C)c(O)c(C)c1.C=CC(=O)Nc1cc(C)c(O)c(C)c1.C=Cc1c(C)cc(C)cc1/C=C/c1cc(C)cc(C)c1O.CC(C)=COOCCNC(=O)OCCOC(=O)CCSc1cc(C)c(O)c(C)c1. The number of phenolic OH excluding ortho intramolecular Hbond substituents is 5. The second kappa shape index (κ2) is 50.4. The van der Waals surface area contributed by atoms with E-state index in [1.165, 1.54) is 42.2 Å². The maximum absolute atomic E-state index is 11.7. The summed E-state index contributed by atoms with van der Waals surface area (Å²) in [6.45, 7) is 44.6. The second-order valence-corrected chi connectivity index (χ2v) is 27.2. The minimum Gasteiger partial charge on any atom is -0.507 e. The molecule has 23 nitrogen and oxygen atoms in total. The van der Waals surface area contributed by atoms with Crippen LogP contribution in [0.1, 0.15) is 142 Å². The second-order valence-electron chi connectivity index (χ2n) is 26.1. The molecule has 6 rings (SSSR count). The van der Waals surface area contributed by atoms with Gasteiger partial charge >= 0.3 is 36.1 Å². The van der Waals surface area contributed by atoms with Crippen LogP contribution in [0.2, 0.25) is 0 Å². The number of aromatic hydroxyl groups is 5.